The fraction of sp³-hybridized carbons (Fsp3) is 0.0110. The van der Waals surface area contributed by atoms with Gasteiger partial charge in [-0.25, -0.2) is 0 Å². The van der Waals surface area contributed by atoms with Crippen LogP contribution in [0, 0.1) is 0 Å². The van der Waals surface area contributed by atoms with Gasteiger partial charge >= 0.3 is 0 Å². The summed E-state index contributed by atoms with van der Waals surface area (Å²) in [4.78, 5) is 7.11. The number of ether oxygens (including phenoxy) is 2. The summed E-state index contributed by atoms with van der Waals surface area (Å²) in [7, 11) is 0. The van der Waals surface area contributed by atoms with Gasteiger partial charge in [-0.1, -0.05) is 194 Å². The normalized spacial score (nSPS) is 13.2. The third kappa shape index (κ3) is 8.15. The maximum atomic E-state index is 7.74. The maximum absolute atomic E-state index is 7.74. The van der Waals surface area contributed by atoms with Crippen LogP contribution in [0.3, 0.4) is 0 Å². The molecule has 0 radical (unpaired) electrons. The van der Waals surface area contributed by atoms with E-state index in [1.54, 1.807) is 11.9 Å². The van der Waals surface area contributed by atoms with Crippen molar-refractivity contribution in [3.05, 3.63) is 328 Å². The fourth-order valence-electron chi connectivity index (χ4n) is 18.5. The first-order valence-electron chi connectivity index (χ1n) is 35.7. The summed E-state index contributed by atoms with van der Waals surface area (Å²) in [5, 5.41) is 9.12. The molecule has 0 spiro atoms. The molecule has 6 aliphatic heterocycles. The molecular formula is C91H58B3N7O2S. The molecule has 23 rings (SSSR count). The van der Waals surface area contributed by atoms with Crippen LogP contribution in [-0.4, -0.2) is 35.5 Å². The lowest BCUT2D eigenvalue weighted by molar-refractivity contribution is 0.465. The van der Waals surface area contributed by atoms with E-state index in [1.807, 2.05) is 0 Å². The molecule has 9 nitrogen and oxygen atoms in total. The standard InChI is InChI=1S/C91H58B3N7O2S/c1-104-101-79-55-84-74(53-72(79)93-70-43-25-41-68-66-39-21-23-45-78(66)100(91(68)70)81-48-63(49-82(101)88(81)93)97(58-30-12-4-13-31-58)59-32-14-5-15-33-59)94-73-52-71-75(54-83(73)102-85-50-64(51-86(103-84)89(85)94)98(60-34-16-6-17-35-60)61-36-18-7-19-37-61)95-76-46-62(96(56-26-8-2-9-27-56)57-28-10-3-11-29-57)47-80-87(76)92(71)69-42-24-40-67-65-38-20-22-44-77(65)99(80)90(67)69/h2-55,95H,1H3. The molecule has 13 heteroatoms. The minimum absolute atomic E-state index is 0.154. The van der Waals surface area contributed by atoms with Crippen molar-refractivity contribution >= 4 is 199 Å². The van der Waals surface area contributed by atoms with Crippen molar-refractivity contribution < 1.29 is 9.47 Å². The number of aromatic nitrogens is 2. The highest BCUT2D eigenvalue weighted by Crippen LogP contribution is 2.50. The third-order valence-corrected chi connectivity index (χ3v) is 23.3. The Balaban J connectivity index is 0.777. The largest absolute Gasteiger partial charge is 0.458 e. The van der Waals surface area contributed by atoms with Crippen molar-refractivity contribution in [1.82, 2.24) is 9.13 Å². The quantitative estimate of drug-likeness (QED) is 0.107. The Bertz CT molecular complexity index is 6380. The number of fused-ring (bicyclic) bond motifs is 18. The van der Waals surface area contributed by atoms with Gasteiger partial charge in [0.25, 0.3) is 20.1 Å². The van der Waals surface area contributed by atoms with E-state index in [9.17, 15) is 0 Å². The first-order chi connectivity index (χ1) is 51.6. The number of nitrogens with zero attached hydrogens (tertiary/aromatic N) is 6. The molecule has 0 fully saturated rings. The van der Waals surface area contributed by atoms with Crippen LogP contribution in [0.15, 0.2) is 328 Å². The summed E-state index contributed by atoms with van der Waals surface area (Å²) < 4.78 is 23.0. The van der Waals surface area contributed by atoms with Gasteiger partial charge in [0.1, 0.15) is 23.0 Å². The van der Waals surface area contributed by atoms with Crippen LogP contribution in [0.1, 0.15) is 0 Å². The van der Waals surface area contributed by atoms with Gasteiger partial charge in [-0.2, -0.15) is 0 Å². The van der Waals surface area contributed by atoms with E-state index in [2.05, 4.69) is 367 Å². The second-order valence-electron chi connectivity index (χ2n) is 27.9. The Labute approximate surface area is 606 Å². The molecule has 484 valence electrons. The molecule has 8 heterocycles. The third-order valence-electron chi connectivity index (χ3n) is 22.6. The van der Waals surface area contributed by atoms with E-state index >= 15 is 0 Å². The van der Waals surface area contributed by atoms with Crippen LogP contribution in [0.4, 0.5) is 73.9 Å². The van der Waals surface area contributed by atoms with E-state index in [4.69, 9.17) is 9.47 Å². The Morgan fingerprint density at radius 2 is 0.663 bits per heavy atom. The van der Waals surface area contributed by atoms with Crippen LogP contribution in [-0.2, 0) is 0 Å². The van der Waals surface area contributed by atoms with Crippen molar-refractivity contribution in [1.29, 1.82) is 0 Å². The maximum Gasteiger partial charge on any atom is 0.260 e. The highest BCUT2D eigenvalue weighted by molar-refractivity contribution is 8.00. The first-order valence-corrected chi connectivity index (χ1v) is 36.9. The lowest BCUT2D eigenvalue weighted by Crippen LogP contribution is -2.64. The molecule has 0 aliphatic carbocycles. The Hall–Kier alpha value is -13.0. The summed E-state index contributed by atoms with van der Waals surface area (Å²) in [5.74, 6) is 3.12. The molecule has 0 saturated carbocycles. The number of nitrogens with one attached hydrogen (secondary N) is 1. The fourth-order valence-corrected chi connectivity index (χ4v) is 19.2. The zero-order valence-electron chi connectivity index (χ0n) is 56.3. The van der Waals surface area contributed by atoms with Gasteiger partial charge in [0, 0.05) is 125 Å². The van der Waals surface area contributed by atoms with Crippen LogP contribution < -0.4 is 83.0 Å². The summed E-state index contributed by atoms with van der Waals surface area (Å²) in [6, 6.07) is 120. The van der Waals surface area contributed by atoms with Crippen LogP contribution >= 0.6 is 11.9 Å². The van der Waals surface area contributed by atoms with Crippen molar-refractivity contribution in [3.8, 4) is 34.4 Å². The highest BCUT2D eigenvalue weighted by atomic mass is 32.2. The molecule has 0 bridgehead atoms. The van der Waals surface area contributed by atoms with Gasteiger partial charge in [0.15, 0.2) is 0 Å². The number of para-hydroxylation sites is 10. The summed E-state index contributed by atoms with van der Waals surface area (Å²) in [6.07, 6.45) is 2.22. The number of anilines is 13. The molecular weight excluding hydrogens is 1290 g/mol. The van der Waals surface area contributed by atoms with Gasteiger partial charge in [-0.15, -0.1) is 0 Å². The van der Waals surface area contributed by atoms with Gasteiger partial charge < -0.3 is 38.6 Å². The number of rotatable bonds is 10. The smallest absolute Gasteiger partial charge is 0.260 e. The predicted octanol–water partition coefficient (Wildman–Crippen LogP) is 17.5. The van der Waals surface area contributed by atoms with Crippen LogP contribution in [0.25, 0.3) is 55.0 Å². The van der Waals surface area contributed by atoms with E-state index in [0.717, 1.165) is 119 Å². The topological polar surface area (TPSA) is 53.3 Å². The molecule has 6 aliphatic rings. The number of hydrogen-bond donors (Lipinski definition) is 1. The molecule has 15 aromatic carbocycles. The number of hydrogen-bond acceptors (Lipinski definition) is 8. The Morgan fingerprint density at radius 3 is 1.14 bits per heavy atom. The SMILES string of the molecule is CSN1c2cc3c(cc2B2c4c1cc(N(c1ccccc1)c1ccccc1)cc4-n1c4ccccc4c4cccc2c41)B1c2cc4c(cc2Oc2cc(N(c5ccccc5)c5ccccc5)cc(c21)O3)Nc1cc(N(c2ccccc2)c2ccccc2)cc2c1B4c1cccc3c4ccccc4n-2c13. The molecule has 0 unspecified atom stereocenters. The average molecular weight is 1350 g/mol. The molecule has 1 N–H and O–H groups in total. The molecule has 0 saturated heterocycles. The molecule has 2 aromatic heterocycles. The molecule has 0 atom stereocenters. The van der Waals surface area contributed by atoms with Crippen molar-refractivity contribution in [2.75, 3.05) is 30.6 Å². The molecule has 0 amide bonds. The summed E-state index contributed by atoms with van der Waals surface area (Å²) in [5.41, 5.74) is 31.5. The second-order valence-corrected chi connectivity index (χ2v) is 28.7. The zero-order chi connectivity index (χ0) is 68.0. The van der Waals surface area contributed by atoms with Gasteiger partial charge in [-0.05, 0) is 165 Å². The monoisotopic (exact) mass is 1350 g/mol. The van der Waals surface area contributed by atoms with Crippen LogP contribution in [0.2, 0.25) is 0 Å². The average Bonchev–Trinajstić information content (AvgIpc) is 1.29. The lowest BCUT2D eigenvalue weighted by atomic mass is 9.30. The Kier molecular flexibility index (Phi) is 12.2. The van der Waals surface area contributed by atoms with E-state index in [-0.39, 0.29) is 20.1 Å². The van der Waals surface area contributed by atoms with E-state index < -0.39 is 0 Å². The van der Waals surface area contributed by atoms with Gasteiger partial charge in [-0.3, -0.25) is 4.31 Å². The van der Waals surface area contributed by atoms with Crippen molar-refractivity contribution in [2.45, 2.75) is 0 Å². The second kappa shape index (κ2) is 22.0. The summed E-state index contributed by atoms with van der Waals surface area (Å²) in [6.45, 7) is -0.631. The molecule has 104 heavy (non-hydrogen) atoms. The van der Waals surface area contributed by atoms with Crippen molar-refractivity contribution in [3.63, 3.8) is 0 Å². The van der Waals surface area contributed by atoms with Crippen LogP contribution in [0.5, 0.6) is 23.0 Å². The Morgan fingerprint density at radius 1 is 0.279 bits per heavy atom. The minimum Gasteiger partial charge on any atom is -0.458 e. The van der Waals surface area contributed by atoms with Crippen molar-refractivity contribution in [2.24, 2.45) is 0 Å². The first kappa shape index (κ1) is 57.8. The predicted molar refractivity (Wildman–Crippen MR) is 438 cm³/mol. The lowest BCUT2D eigenvalue weighted by Gasteiger charge is -2.42. The number of benzene rings is 15. The van der Waals surface area contributed by atoms with Gasteiger partial charge in [0.2, 0.25) is 0 Å². The summed E-state index contributed by atoms with van der Waals surface area (Å²) >= 11 is 1.74. The minimum atomic E-state index is -0.319. The zero-order valence-corrected chi connectivity index (χ0v) is 57.1. The molecule has 17 aromatic rings. The van der Waals surface area contributed by atoms with Gasteiger partial charge in [0.05, 0.1) is 39.5 Å². The van der Waals surface area contributed by atoms with E-state index in [0.29, 0.717) is 0 Å². The highest BCUT2D eigenvalue weighted by Gasteiger charge is 2.49. The van der Waals surface area contributed by atoms with E-state index in [1.165, 1.54) is 82.1 Å².